The number of benzene rings is 2. The van der Waals surface area contributed by atoms with Gasteiger partial charge in [0.1, 0.15) is 29.0 Å². The molecule has 0 aliphatic carbocycles. The van der Waals surface area contributed by atoms with Crippen molar-refractivity contribution < 1.29 is 33.3 Å². The van der Waals surface area contributed by atoms with Gasteiger partial charge in [-0.15, -0.1) is 0 Å². The summed E-state index contributed by atoms with van der Waals surface area (Å²) >= 11 is 0. The number of carbonyl (C=O) groups excluding carboxylic acids is 3. The van der Waals surface area contributed by atoms with Gasteiger partial charge in [0, 0.05) is 18.4 Å². The first kappa shape index (κ1) is 37.6. The van der Waals surface area contributed by atoms with E-state index in [2.05, 4.69) is 12.1 Å². The van der Waals surface area contributed by atoms with Crippen molar-refractivity contribution in [2.75, 3.05) is 20.8 Å². The molecule has 2 aromatic rings. The lowest BCUT2D eigenvalue weighted by Gasteiger charge is -2.19. The zero-order valence-electron chi connectivity index (χ0n) is 26.3. The Bertz CT molecular complexity index is 988. The number of unbranched alkanes of at least 4 members (excludes halogenated alkanes) is 2. The highest BCUT2D eigenvalue weighted by molar-refractivity contribution is 5.74. The van der Waals surface area contributed by atoms with E-state index in [0.717, 1.165) is 43.5 Å². The van der Waals surface area contributed by atoms with Gasteiger partial charge in [-0.3, -0.25) is 14.4 Å². The largest absolute Gasteiger partial charge is 0.497 e. The molecule has 0 fully saturated rings. The molecule has 0 heterocycles. The van der Waals surface area contributed by atoms with Crippen molar-refractivity contribution in [2.45, 2.75) is 97.7 Å². The molecule has 0 saturated carbocycles. The number of aryl methyl sites for hydroxylation is 1. The van der Waals surface area contributed by atoms with Crippen molar-refractivity contribution in [1.82, 2.24) is 0 Å². The number of rotatable bonds is 12. The molecule has 2 N–H and O–H groups in total. The minimum Gasteiger partial charge on any atom is -0.497 e. The molecule has 8 nitrogen and oxygen atoms in total. The summed E-state index contributed by atoms with van der Waals surface area (Å²) < 4.78 is 20.3. The van der Waals surface area contributed by atoms with Gasteiger partial charge < -0.3 is 24.7 Å². The third-order valence-corrected chi connectivity index (χ3v) is 5.18. The highest BCUT2D eigenvalue weighted by atomic mass is 16.6. The van der Waals surface area contributed by atoms with Crippen LogP contribution in [0.15, 0.2) is 48.5 Å². The van der Waals surface area contributed by atoms with Crippen molar-refractivity contribution in [1.29, 1.82) is 0 Å². The minimum absolute atomic E-state index is 0.0954. The third-order valence-electron chi connectivity index (χ3n) is 5.18. The number of hydrogen-bond acceptors (Lipinski definition) is 8. The quantitative estimate of drug-likeness (QED) is 0.169. The SMILES string of the molecule is CC(C)(C)OC(=O)CCCN.COc1ccc(C=O)cc1.COc1ccc(CCCCCC(=O)OC(C)(C)C)cc1. The van der Waals surface area contributed by atoms with E-state index in [4.69, 9.17) is 24.7 Å². The van der Waals surface area contributed by atoms with E-state index in [1.54, 1.807) is 38.5 Å². The van der Waals surface area contributed by atoms with Crippen LogP contribution in [0.1, 0.15) is 96.0 Å². The van der Waals surface area contributed by atoms with E-state index in [1.165, 1.54) is 5.56 Å². The Balaban J connectivity index is 0.000000643. The second kappa shape index (κ2) is 20.5. The molecule has 0 amide bonds. The third kappa shape index (κ3) is 22.0. The van der Waals surface area contributed by atoms with Crippen molar-refractivity contribution >= 4 is 18.2 Å². The topological polar surface area (TPSA) is 114 Å². The zero-order chi connectivity index (χ0) is 31.3. The first-order valence-electron chi connectivity index (χ1n) is 14.1. The molecule has 0 atom stereocenters. The molecule has 8 heteroatoms. The summed E-state index contributed by atoms with van der Waals surface area (Å²) in [4.78, 5) is 32.6. The lowest BCUT2D eigenvalue weighted by molar-refractivity contribution is -0.156. The molecule has 0 aromatic heterocycles. The van der Waals surface area contributed by atoms with Gasteiger partial charge in [-0.2, -0.15) is 0 Å². The normalized spacial score (nSPS) is 10.7. The van der Waals surface area contributed by atoms with Crippen LogP contribution < -0.4 is 15.2 Å². The summed E-state index contributed by atoms with van der Waals surface area (Å²) in [5.41, 5.74) is 6.46. The minimum atomic E-state index is -0.375. The number of methoxy groups -OCH3 is 2. The number of carbonyl (C=O) groups is 3. The van der Waals surface area contributed by atoms with E-state index in [9.17, 15) is 14.4 Å². The van der Waals surface area contributed by atoms with Crippen molar-refractivity contribution in [3.63, 3.8) is 0 Å². The summed E-state index contributed by atoms with van der Waals surface area (Å²) in [6.07, 6.45) is 6.52. The van der Waals surface area contributed by atoms with Gasteiger partial charge in [-0.25, -0.2) is 0 Å². The number of hydrogen-bond donors (Lipinski definition) is 1. The standard InChI is InChI=1S/C17H26O3.C8H17NO2.C8H8O2/c1-17(2,3)20-16(18)9-7-5-6-8-14-10-12-15(19-4)13-11-14;1-8(2,3)11-7(10)5-4-6-9;1-10-8-4-2-7(6-9)3-5-8/h10-13H,5-9H2,1-4H3;4-6,9H2,1-3H3;2-6H,1H3. The molecule has 0 radical (unpaired) electrons. The molecule has 41 heavy (non-hydrogen) atoms. The summed E-state index contributed by atoms with van der Waals surface area (Å²) in [6.45, 7) is 11.8. The van der Waals surface area contributed by atoms with Crippen LogP contribution >= 0.6 is 0 Å². The highest BCUT2D eigenvalue weighted by Crippen LogP contribution is 2.15. The Hall–Kier alpha value is -3.39. The van der Waals surface area contributed by atoms with E-state index in [0.29, 0.717) is 31.4 Å². The summed E-state index contributed by atoms with van der Waals surface area (Å²) in [7, 11) is 3.27. The fourth-order valence-corrected chi connectivity index (χ4v) is 3.28. The summed E-state index contributed by atoms with van der Waals surface area (Å²) in [6, 6.07) is 15.1. The van der Waals surface area contributed by atoms with E-state index < -0.39 is 0 Å². The maximum Gasteiger partial charge on any atom is 0.306 e. The molecular formula is C33H51NO7. The molecule has 0 aliphatic rings. The number of aldehydes is 1. The Morgan fingerprint density at radius 3 is 1.51 bits per heavy atom. The average Bonchev–Trinajstić information content (AvgIpc) is 2.91. The van der Waals surface area contributed by atoms with E-state index >= 15 is 0 Å². The molecule has 0 saturated heterocycles. The van der Waals surface area contributed by atoms with Crippen LogP contribution in [0.4, 0.5) is 0 Å². The molecule has 0 spiro atoms. The Morgan fingerprint density at radius 1 is 0.683 bits per heavy atom. The molecule has 0 aliphatic heterocycles. The summed E-state index contributed by atoms with van der Waals surface area (Å²) in [5, 5.41) is 0. The maximum atomic E-state index is 11.5. The van der Waals surface area contributed by atoms with Gasteiger partial charge in [-0.05, 0) is 116 Å². The van der Waals surface area contributed by atoms with Crippen LogP contribution in [-0.4, -0.2) is 50.2 Å². The fourth-order valence-electron chi connectivity index (χ4n) is 3.28. The predicted molar refractivity (Wildman–Crippen MR) is 164 cm³/mol. The van der Waals surface area contributed by atoms with E-state index in [-0.39, 0.29) is 23.1 Å². The van der Waals surface area contributed by atoms with Crippen LogP contribution in [0, 0.1) is 0 Å². The molecule has 0 bridgehead atoms. The van der Waals surface area contributed by atoms with Crippen molar-refractivity contribution in [2.24, 2.45) is 5.73 Å². The van der Waals surface area contributed by atoms with E-state index in [1.807, 2.05) is 53.7 Å². The predicted octanol–water partition coefficient (Wildman–Crippen LogP) is 6.71. The summed E-state index contributed by atoms with van der Waals surface area (Å²) in [5.74, 6) is 1.40. The highest BCUT2D eigenvalue weighted by Gasteiger charge is 2.16. The number of nitrogens with two attached hydrogens (primary N) is 1. The lowest BCUT2D eigenvalue weighted by Crippen LogP contribution is -2.24. The maximum absolute atomic E-state index is 11.5. The Kier molecular flexibility index (Phi) is 18.8. The molecule has 2 aromatic carbocycles. The first-order valence-corrected chi connectivity index (χ1v) is 14.1. The van der Waals surface area contributed by atoms with Crippen LogP contribution in [0.2, 0.25) is 0 Å². The van der Waals surface area contributed by atoms with Crippen molar-refractivity contribution in [3.8, 4) is 11.5 Å². The van der Waals surface area contributed by atoms with Gasteiger partial charge in [-0.1, -0.05) is 18.6 Å². The van der Waals surface area contributed by atoms with Crippen LogP contribution in [0.5, 0.6) is 11.5 Å². The Morgan fingerprint density at radius 2 is 1.12 bits per heavy atom. The van der Waals surface area contributed by atoms with Crippen LogP contribution in [-0.2, 0) is 25.5 Å². The monoisotopic (exact) mass is 573 g/mol. The van der Waals surface area contributed by atoms with Gasteiger partial charge in [0.05, 0.1) is 14.2 Å². The van der Waals surface area contributed by atoms with Gasteiger partial charge in [0.25, 0.3) is 0 Å². The second-order valence-corrected chi connectivity index (χ2v) is 11.4. The van der Waals surface area contributed by atoms with Crippen LogP contribution in [0.3, 0.4) is 0 Å². The smallest absolute Gasteiger partial charge is 0.306 e. The van der Waals surface area contributed by atoms with Gasteiger partial charge in [0.2, 0.25) is 0 Å². The zero-order valence-corrected chi connectivity index (χ0v) is 26.3. The number of esters is 2. The molecular weight excluding hydrogens is 522 g/mol. The molecule has 2 rings (SSSR count). The first-order chi connectivity index (χ1) is 19.2. The Labute approximate surface area is 246 Å². The lowest BCUT2D eigenvalue weighted by atomic mass is 10.1. The number of ether oxygens (including phenoxy) is 4. The van der Waals surface area contributed by atoms with Crippen molar-refractivity contribution in [3.05, 3.63) is 59.7 Å². The van der Waals surface area contributed by atoms with Gasteiger partial charge >= 0.3 is 11.9 Å². The molecule has 0 unspecified atom stereocenters. The van der Waals surface area contributed by atoms with Crippen LogP contribution in [0.25, 0.3) is 0 Å². The average molecular weight is 574 g/mol. The second-order valence-electron chi connectivity index (χ2n) is 11.4. The molecule has 230 valence electrons. The van der Waals surface area contributed by atoms with Gasteiger partial charge in [0.15, 0.2) is 0 Å². The fraction of sp³-hybridized carbons (Fsp3) is 0.545.